The summed E-state index contributed by atoms with van der Waals surface area (Å²) < 4.78 is 18.7. The maximum absolute atomic E-state index is 13.8. The van der Waals surface area contributed by atoms with Crippen LogP contribution in [0.1, 0.15) is 22.8 Å². The topological polar surface area (TPSA) is 122 Å². The molecule has 27 heavy (non-hydrogen) atoms. The molecule has 0 fully saturated rings. The third-order valence-corrected chi connectivity index (χ3v) is 3.88. The molecule has 2 atom stereocenters. The number of aryl methyl sites for hydroxylation is 1. The molecule has 144 valence electrons. The first kappa shape index (κ1) is 20.3. The zero-order valence-corrected chi connectivity index (χ0v) is 14.5. The second-order valence-electron chi connectivity index (χ2n) is 5.87. The van der Waals surface area contributed by atoms with Crippen molar-refractivity contribution in [2.45, 2.75) is 25.7 Å². The average Bonchev–Trinajstić information content (AvgIpc) is 2.65. The van der Waals surface area contributed by atoms with E-state index in [1.165, 1.54) is 6.92 Å². The van der Waals surface area contributed by atoms with Gasteiger partial charge < -0.3 is 20.3 Å². The fraction of sp³-hybridized carbons (Fsp3) is 0.278. The van der Waals surface area contributed by atoms with Gasteiger partial charge in [-0.3, -0.25) is 10.1 Å². The standard InChI is InChI=1S/C18H19FN2O6/c1-11-7-15(21(25)26)14(19)8-13(11)17(23)16(22)9-20-18(24)27-10-12-5-3-2-4-6-12/h2-8,16-17,22-23H,9-10H2,1H3,(H,20,24). The molecule has 1 amide bonds. The number of aliphatic hydroxyl groups is 2. The molecule has 2 aromatic carbocycles. The van der Waals surface area contributed by atoms with Gasteiger partial charge in [-0.25, -0.2) is 4.79 Å². The number of aliphatic hydroxyl groups excluding tert-OH is 2. The number of amides is 1. The van der Waals surface area contributed by atoms with Crippen molar-refractivity contribution in [3.05, 3.63) is 75.1 Å². The summed E-state index contributed by atoms with van der Waals surface area (Å²) in [6, 6.07) is 10.7. The molecular weight excluding hydrogens is 359 g/mol. The van der Waals surface area contributed by atoms with Gasteiger partial charge in [0.2, 0.25) is 5.82 Å². The summed E-state index contributed by atoms with van der Waals surface area (Å²) >= 11 is 0. The second-order valence-corrected chi connectivity index (χ2v) is 5.87. The molecule has 9 heteroatoms. The number of ether oxygens (including phenoxy) is 1. The number of hydrogen-bond donors (Lipinski definition) is 3. The van der Waals surface area contributed by atoms with Gasteiger partial charge in [0.1, 0.15) is 18.8 Å². The Morgan fingerprint density at radius 2 is 1.96 bits per heavy atom. The first-order valence-electron chi connectivity index (χ1n) is 8.04. The molecule has 2 aromatic rings. The minimum absolute atomic E-state index is 0.00921. The zero-order chi connectivity index (χ0) is 20.0. The van der Waals surface area contributed by atoms with Crippen molar-refractivity contribution in [2.75, 3.05) is 6.54 Å². The van der Waals surface area contributed by atoms with Crippen molar-refractivity contribution in [3.8, 4) is 0 Å². The number of alkyl carbamates (subject to hydrolysis) is 1. The van der Waals surface area contributed by atoms with Crippen LogP contribution in [0.15, 0.2) is 42.5 Å². The Labute approximate surface area is 154 Å². The Balaban J connectivity index is 1.91. The maximum Gasteiger partial charge on any atom is 0.407 e. The van der Waals surface area contributed by atoms with E-state index in [1.807, 2.05) is 6.07 Å². The third-order valence-electron chi connectivity index (χ3n) is 3.88. The van der Waals surface area contributed by atoms with Crippen LogP contribution in [0.5, 0.6) is 0 Å². The predicted octanol–water partition coefficient (Wildman–Crippen LogP) is 2.36. The Bertz CT molecular complexity index is 815. The molecule has 0 aliphatic heterocycles. The van der Waals surface area contributed by atoms with Gasteiger partial charge in [-0.15, -0.1) is 0 Å². The second kappa shape index (κ2) is 9.06. The van der Waals surface area contributed by atoms with E-state index in [0.717, 1.165) is 17.7 Å². The highest BCUT2D eigenvalue weighted by Crippen LogP contribution is 2.27. The Kier molecular flexibility index (Phi) is 6.80. The Morgan fingerprint density at radius 1 is 1.30 bits per heavy atom. The van der Waals surface area contributed by atoms with Crippen LogP contribution in [0.25, 0.3) is 0 Å². The molecule has 0 saturated heterocycles. The van der Waals surface area contributed by atoms with Gasteiger partial charge in [-0.1, -0.05) is 30.3 Å². The molecule has 0 bridgehead atoms. The van der Waals surface area contributed by atoms with Crippen LogP contribution < -0.4 is 5.32 Å². The number of nitro groups is 1. The molecule has 0 radical (unpaired) electrons. The lowest BCUT2D eigenvalue weighted by atomic mass is 9.98. The number of nitrogens with zero attached hydrogens (tertiary/aromatic N) is 1. The maximum atomic E-state index is 13.8. The Hall–Kier alpha value is -3.04. The minimum Gasteiger partial charge on any atom is -0.445 e. The summed E-state index contributed by atoms with van der Waals surface area (Å²) in [6.45, 7) is 1.13. The summed E-state index contributed by atoms with van der Waals surface area (Å²) in [5, 5.41) is 33.2. The highest BCUT2D eigenvalue weighted by molar-refractivity contribution is 5.67. The lowest BCUT2D eigenvalue weighted by molar-refractivity contribution is -0.387. The van der Waals surface area contributed by atoms with Crippen LogP contribution >= 0.6 is 0 Å². The highest BCUT2D eigenvalue weighted by atomic mass is 19.1. The largest absolute Gasteiger partial charge is 0.445 e. The first-order chi connectivity index (χ1) is 12.8. The molecule has 2 unspecified atom stereocenters. The number of halogens is 1. The molecular formula is C18H19FN2O6. The fourth-order valence-corrected chi connectivity index (χ4v) is 2.42. The van der Waals surface area contributed by atoms with Gasteiger partial charge in [0.05, 0.1) is 4.92 Å². The monoisotopic (exact) mass is 378 g/mol. The van der Waals surface area contributed by atoms with E-state index < -0.39 is 34.7 Å². The van der Waals surface area contributed by atoms with E-state index in [-0.39, 0.29) is 24.3 Å². The van der Waals surface area contributed by atoms with Crippen molar-refractivity contribution < 1.29 is 29.1 Å². The first-order valence-corrected chi connectivity index (χ1v) is 8.04. The number of hydrogen-bond acceptors (Lipinski definition) is 6. The lowest BCUT2D eigenvalue weighted by Gasteiger charge is -2.20. The average molecular weight is 378 g/mol. The van der Waals surface area contributed by atoms with Crippen LogP contribution in [-0.4, -0.2) is 33.9 Å². The van der Waals surface area contributed by atoms with Crippen molar-refractivity contribution in [2.24, 2.45) is 0 Å². The van der Waals surface area contributed by atoms with Crippen LogP contribution in [0.3, 0.4) is 0 Å². The number of nitro benzene ring substituents is 1. The number of nitrogens with one attached hydrogen (secondary N) is 1. The third kappa shape index (κ3) is 5.47. The van der Waals surface area contributed by atoms with Crippen LogP contribution in [-0.2, 0) is 11.3 Å². The van der Waals surface area contributed by atoms with Gasteiger partial charge in [-0.05, 0) is 29.7 Å². The van der Waals surface area contributed by atoms with Crippen LogP contribution in [0.2, 0.25) is 0 Å². The van der Waals surface area contributed by atoms with E-state index in [2.05, 4.69) is 5.32 Å². The smallest absolute Gasteiger partial charge is 0.407 e. The molecule has 0 aromatic heterocycles. The van der Waals surface area contributed by atoms with Crippen molar-refractivity contribution in [1.82, 2.24) is 5.32 Å². The van der Waals surface area contributed by atoms with Gasteiger partial charge in [-0.2, -0.15) is 4.39 Å². The van der Waals surface area contributed by atoms with Gasteiger partial charge in [0, 0.05) is 12.6 Å². The van der Waals surface area contributed by atoms with E-state index >= 15 is 0 Å². The van der Waals surface area contributed by atoms with Gasteiger partial charge in [0.25, 0.3) is 0 Å². The number of rotatable bonds is 7. The Morgan fingerprint density at radius 3 is 2.59 bits per heavy atom. The predicted molar refractivity (Wildman–Crippen MR) is 93.4 cm³/mol. The van der Waals surface area contributed by atoms with Crippen molar-refractivity contribution >= 4 is 11.8 Å². The van der Waals surface area contributed by atoms with Gasteiger partial charge >= 0.3 is 11.8 Å². The molecule has 0 aliphatic rings. The summed E-state index contributed by atoms with van der Waals surface area (Å²) in [5.74, 6) is -1.12. The number of benzene rings is 2. The summed E-state index contributed by atoms with van der Waals surface area (Å²) in [7, 11) is 0. The van der Waals surface area contributed by atoms with E-state index in [4.69, 9.17) is 4.74 Å². The molecule has 0 saturated carbocycles. The molecule has 0 heterocycles. The molecule has 0 spiro atoms. The zero-order valence-electron chi connectivity index (χ0n) is 14.5. The van der Waals surface area contributed by atoms with Crippen LogP contribution in [0, 0.1) is 22.9 Å². The molecule has 8 nitrogen and oxygen atoms in total. The van der Waals surface area contributed by atoms with Gasteiger partial charge in [0.15, 0.2) is 0 Å². The molecule has 0 aliphatic carbocycles. The fourth-order valence-electron chi connectivity index (χ4n) is 2.42. The number of carbonyl (C=O) groups is 1. The van der Waals surface area contributed by atoms with E-state index in [9.17, 15) is 29.5 Å². The quantitative estimate of drug-likeness (QED) is 0.502. The van der Waals surface area contributed by atoms with Crippen LogP contribution in [0.4, 0.5) is 14.9 Å². The minimum atomic E-state index is -1.55. The van der Waals surface area contributed by atoms with E-state index in [0.29, 0.717) is 0 Å². The lowest BCUT2D eigenvalue weighted by Crippen LogP contribution is -2.36. The van der Waals surface area contributed by atoms with Crippen molar-refractivity contribution in [1.29, 1.82) is 0 Å². The highest BCUT2D eigenvalue weighted by Gasteiger charge is 2.25. The SMILES string of the molecule is Cc1cc([N+](=O)[O-])c(F)cc1C(O)C(O)CNC(=O)OCc1ccccc1. The number of carbonyl (C=O) groups excluding carboxylic acids is 1. The normalized spacial score (nSPS) is 12.9. The summed E-state index contributed by atoms with van der Waals surface area (Å²) in [6.07, 6.45) is -3.81. The van der Waals surface area contributed by atoms with E-state index in [1.54, 1.807) is 24.3 Å². The molecule has 2 rings (SSSR count). The summed E-state index contributed by atoms with van der Waals surface area (Å²) in [5.41, 5.74) is 0.289. The molecule has 3 N–H and O–H groups in total. The summed E-state index contributed by atoms with van der Waals surface area (Å²) in [4.78, 5) is 21.5. The van der Waals surface area contributed by atoms with Crippen molar-refractivity contribution in [3.63, 3.8) is 0 Å².